The van der Waals surface area contributed by atoms with E-state index in [1.807, 2.05) is 0 Å². The minimum absolute atomic E-state index is 0.122. The van der Waals surface area contributed by atoms with Crippen molar-refractivity contribution >= 4 is 17.9 Å². The van der Waals surface area contributed by atoms with Crippen molar-refractivity contribution in [2.45, 2.75) is 258 Å². The zero-order chi connectivity index (χ0) is 59.9. The number of esters is 3. The Labute approximate surface area is 509 Å². The predicted molar refractivity (Wildman–Crippen MR) is 361 cm³/mol. The molecule has 1 unspecified atom stereocenters. The quantitative estimate of drug-likeness (QED) is 0.0261. The van der Waals surface area contributed by atoms with E-state index in [1.165, 1.54) is 25.7 Å². The van der Waals surface area contributed by atoms with Crippen molar-refractivity contribution in [2.24, 2.45) is 0 Å². The zero-order valence-electron chi connectivity index (χ0n) is 52.9. The van der Waals surface area contributed by atoms with Crippen LogP contribution in [0.2, 0.25) is 0 Å². The summed E-state index contributed by atoms with van der Waals surface area (Å²) in [5.41, 5.74) is 0. The highest BCUT2D eigenvalue weighted by Crippen LogP contribution is 2.13. The second-order valence-corrected chi connectivity index (χ2v) is 20.9. The van der Waals surface area contributed by atoms with Crippen molar-refractivity contribution in [3.63, 3.8) is 0 Å². The minimum atomic E-state index is -0.832. The van der Waals surface area contributed by atoms with Gasteiger partial charge in [0.1, 0.15) is 13.2 Å². The van der Waals surface area contributed by atoms with Crippen LogP contribution in [-0.2, 0) is 28.6 Å². The van der Waals surface area contributed by atoms with Crippen LogP contribution in [-0.4, -0.2) is 37.2 Å². The van der Waals surface area contributed by atoms with Gasteiger partial charge in [-0.3, -0.25) is 14.4 Å². The summed E-state index contributed by atoms with van der Waals surface area (Å²) in [7, 11) is 0. The molecule has 0 aliphatic carbocycles. The molecule has 0 aliphatic heterocycles. The lowest BCUT2D eigenvalue weighted by Crippen LogP contribution is -2.30. The average molecular weight is 1140 g/mol. The van der Waals surface area contributed by atoms with E-state index in [9.17, 15) is 14.4 Å². The van der Waals surface area contributed by atoms with Gasteiger partial charge in [-0.05, 0) is 161 Å². The molecule has 0 aromatic heterocycles. The first kappa shape index (κ1) is 77.2. The van der Waals surface area contributed by atoms with Gasteiger partial charge in [0.25, 0.3) is 0 Å². The fourth-order valence-electron chi connectivity index (χ4n) is 8.21. The highest BCUT2D eigenvalue weighted by atomic mass is 16.6. The van der Waals surface area contributed by atoms with Gasteiger partial charge in [-0.1, -0.05) is 267 Å². The van der Waals surface area contributed by atoms with E-state index in [4.69, 9.17) is 14.2 Å². The molecule has 0 N–H and O–H groups in total. The van der Waals surface area contributed by atoms with Crippen LogP contribution in [0.5, 0.6) is 0 Å². The van der Waals surface area contributed by atoms with Gasteiger partial charge >= 0.3 is 17.9 Å². The maximum absolute atomic E-state index is 12.9. The number of carbonyl (C=O) groups excluding carboxylic acids is 3. The summed E-state index contributed by atoms with van der Waals surface area (Å²) >= 11 is 0. The van der Waals surface area contributed by atoms with Gasteiger partial charge in [-0.25, -0.2) is 0 Å². The summed E-state index contributed by atoms with van der Waals surface area (Å²) < 4.78 is 16.9. The largest absolute Gasteiger partial charge is 0.462 e. The van der Waals surface area contributed by atoms with E-state index in [0.717, 1.165) is 180 Å². The summed E-state index contributed by atoms with van der Waals surface area (Å²) in [6, 6.07) is 0. The maximum Gasteiger partial charge on any atom is 0.306 e. The number of hydrogen-bond donors (Lipinski definition) is 0. The van der Waals surface area contributed by atoms with Crippen LogP contribution in [0.15, 0.2) is 194 Å². The first-order valence-electron chi connectivity index (χ1n) is 32.9. The van der Waals surface area contributed by atoms with Gasteiger partial charge in [0, 0.05) is 19.3 Å². The Morgan fingerprint density at radius 1 is 0.253 bits per heavy atom. The molecule has 0 saturated carbocycles. The molecule has 0 amide bonds. The normalized spacial score (nSPS) is 13.4. The maximum atomic E-state index is 12.9. The van der Waals surface area contributed by atoms with E-state index in [-0.39, 0.29) is 44.0 Å². The molecule has 0 saturated heterocycles. The van der Waals surface area contributed by atoms with E-state index < -0.39 is 6.10 Å². The molecule has 0 aliphatic rings. The molecule has 83 heavy (non-hydrogen) atoms. The van der Waals surface area contributed by atoms with Crippen molar-refractivity contribution in [2.75, 3.05) is 13.2 Å². The Kier molecular flexibility index (Phi) is 64.0. The number of unbranched alkanes of at least 4 members (excludes halogenated alkanes) is 14. The van der Waals surface area contributed by atoms with Crippen LogP contribution in [0, 0.1) is 0 Å². The second-order valence-electron chi connectivity index (χ2n) is 20.9. The fourth-order valence-corrected chi connectivity index (χ4v) is 8.21. The van der Waals surface area contributed by atoms with E-state index in [1.54, 1.807) is 0 Å². The molecule has 0 bridgehead atoms. The van der Waals surface area contributed by atoms with Gasteiger partial charge in [-0.2, -0.15) is 0 Å². The number of hydrogen-bond acceptors (Lipinski definition) is 6. The van der Waals surface area contributed by atoms with Crippen molar-refractivity contribution in [3.8, 4) is 0 Å². The van der Waals surface area contributed by atoms with E-state index in [2.05, 4.69) is 215 Å². The molecule has 0 rings (SSSR count). The summed E-state index contributed by atoms with van der Waals surface area (Å²) in [6.07, 6.45) is 104. The summed E-state index contributed by atoms with van der Waals surface area (Å²) in [4.78, 5) is 38.4. The molecule has 462 valence electrons. The standard InChI is InChI=1S/C77H118O6/c1-4-7-10-13-16-19-22-25-28-30-32-34-35-36-37-38-39-40-41-43-44-46-49-52-55-58-61-64-67-70-76(79)82-73-74(72-81-75(78)69-66-63-60-57-54-51-48-27-24-21-18-15-12-9-6-3)83-77(80)71-68-65-62-59-56-53-50-47-45-42-33-31-29-26-23-20-17-14-11-8-5-2/h7-8,10-11,16-21,25-29,32-34,36-37,39-40,42-44,47-50,52,58,61,74H,4-6,9,12-15,22-24,30-31,35,38,41,45-46,51,53-57,59-60,62-73H2,1-3H3/b10-7-,11-8-,19-16-,20-17-,21-18-,28-25-,29-26-,34-32-,37-36-,40-39-,42-33-,44-43-,48-27-,50-47-,52-49-,61-58-. The Morgan fingerprint density at radius 3 is 0.783 bits per heavy atom. The molecule has 0 aromatic rings. The highest BCUT2D eigenvalue weighted by Gasteiger charge is 2.19. The van der Waals surface area contributed by atoms with Crippen LogP contribution >= 0.6 is 0 Å². The van der Waals surface area contributed by atoms with Crippen LogP contribution < -0.4 is 0 Å². The third-order valence-corrected chi connectivity index (χ3v) is 13.1. The lowest BCUT2D eigenvalue weighted by Gasteiger charge is -2.18. The average Bonchev–Trinajstić information content (AvgIpc) is 3.49. The number of allylic oxidation sites excluding steroid dienone is 32. The van der Waals surface area contributed by atoms with Crippen molar-refractivity contribution in [1.29, 1.82) is 0 Å². The van der Waals surface area contributed by atoms with Crippen LogP contribution in [0.3, 0.4) is 0 Å². The van der Waals surface area contributed by atoms with E-state index >= 15 is 0 Å². The molecule has 6 nitrogen and oxygen atoms in total. The first-order valence-corrected chi connectivity index (χ1v) is 32.9. The molecular weight excluding hydrogens is 1020 g/mol. The highest BCUT2D eigenvalue weighted by molar-refractivity contribution is 5.71. The number of ether oxygens (including phenoxy) is 3. The Morgan fingerprint density at radius 2 is 0.482 bits per heavy atom. The monoisotopic (exact) mass is 1140 g/mol. The van der Waals surface area contributed by atoms with Crippen molar-refractivity contribution in [1.82, 2.24) is 0 Å². The SMILES string of the molecule is CC/C=C\C/C=C\C/C=C\C/C=C\C/C=C\C/C=C\C/C=C\C/C=C\C/C=C\CCCC(=O)OCC(COC(=O)CCCCCCC/C=C\C/C=C\CCCCC)OC(=O)CCCCCCC/C=C\C/C=C\C/C=C\C/C=C\C/C=C\CC. The molecule has 1 atom stereocenters. The summed E-state index contributed by atoms with van der Waals surface area (Å²) in [6.45, 7) is 6.30. The predicted octanol–water partition coefficient (Wildman–Crippen LogP) is 23.0. The minimum Gasteiger partial charge on any atom is -0.462 e. The van der Waals surface area contributed by atoms with Gasteiger partial charge < -0.3 is 14.2 Å². The fraction of sp³-hybridized carbons (Fsp3) is 0.545. The lowest BCUT2D eigenvalue weighted by molar-refractivity contribution is -0.167. The molecular formula is C77H118O6. The number of rotatable bonds is 57. The zero-order valence-corrected chi connectivity index (χ0v) is 52.9. The molecule has 6 heteroatoms. The van der Waals surface area contributed by atoms with Gasteiger partial charge in [0.2, 0.25) is 0 Å². The van der Waals surface area contributed by atoms with Gasteiger partial charge in [0.15, 0.2) is 6.10 Å². The lowest BCUT2D eigenvalue weighted by atomic mass is 10.1. The Bertz CT molecular complexity index is 1990. The second kappa shape index (κ2) is 68.7. The Balaban J connectivity index is 4.55. The first-order chi connectivity index (χ1) is 41.0. The molecule has 0 aromatic carbocycles. The third kappa shape index (κ3) is 66.9. The van der Waals surface area contributed by atoms with Crippen molar-refractivity contribution in [3.05, 3.63) is 194 Å². The van der Waals surface area contributed by atoms with Crippen molar-refractivity contribution < 1.29 is 28.6 Å². The third-order valence-electron chi connectivity index (χ3n) is 13.1. The van der Waals surface area contributed by atoms with Gasteiger partial charge in [0.05, 0.1) is 0 Å². The summed E-state index contributed by atoms with van der Waals surface area (Å²) in [5, 5.41) is 0. The van der Waals surface area contributed by atoms with E-state index in [0.29, 0.717) is 12.8 Å². The van der Waals surface area contributed by atoms with Crippen LogP contribution in [0.1, 0.15) is 252 Å². The van der Waals surface area contributed by atoms with Crippen LogP contribution in [0.4, 0.5) is 0 Å². The Hall–Kier alpha value is -5.75. The molecule has 0 heterocycles. The number of carbonyl (C=O) groups is 3. The summed E-state index contributed by atoms with van der Waals surface area (Å²) in [5.74, 6) is -1.02. The molecule has 0 radical (unpaired) electrons. The topological polar surface area (TPSA) is 78.9 Å². The molecule has 0 spiro atoms. The smallest absolute Gasteiger partial charge is 0.306 e. The van der Waals surface area contributed by atoms with Crippen LogP contribution in [0.25, 0.3) is 0 Å². The van der Waals surface area contributed by atoms with Gasteiger partial charge in [-0.15, -0.1) is 0 Å². The molecule has 0 fully saturated rings.